The van der Waals surface area contributed by atoms with E-state index in [1.54, 1.807) is 13.8 Å². The summed E-state index contributed by atoms with van der Waals surface area (Å²) in [6, 6.07) is 0. The van der Waals surface area contributed by atoms with Gasteiger partial charge in [0.15, 0.2) is 0 Å². The van der Waals surface area contributed by atoms with Crippen molar-refractivity contribution in [2.24, 2.45) is 46.3 Å². The number of carbonyl (C=O) groups excluding carboxylic acids is 3. The molecule has 0 bridgehead atoms. The standard InChI is InChI=1S/C27H37F5O8S/c1-13(4-7-21(36)40-23(26(28,29)30)27(31,32)41(37,38)39)16-5-6-17-22-18(12-20(35)25(16,17)3)24(2)9-8-15(33)10-14(24)11-19(22)34/h13-18,22-23,33H,4-12H2,1-3H3,(H,37,38,39)/t13-,14+,15?,16-,17+,18+,22+,23?,24+,25-/m1/s1. The van der Waals surface area contributed by atoms with E-state index in [0.717, 1.165) is 6.42 Å². The van der Waals surface area contributed by atoms with E-state index in [9.17, 15) is 49.9 Å². The Balaban J connectivity index is 1.47. The average Bonchev–Trinajstić information content (AvgIpc) is 3.19. The number of hydrogen-bond acceptors (Lipinski definition) is 7. The van der Waals surface area contributed by atoms with E-state index in [2.05, 4.69) is 11.7 Å². The molecule has 2 N–H and O–H groups in total. The lowest BCUT2D eigenvalue weighted by atomic mass is 9.43. The molecule has 0 radical (unpaired) electrons. The summed E-state index contributed by atoms with van der Waals surface area (Å²) >= 11 is 0. The zero-order chi connectivity index (χ0) is 30.9. The number of esters is 1. The van der Waals surface area contributed by atoms with Gasteiger partial charge in [-0.05, 0) is 73.5 Å². The Morgan fingerprint density at radius 3 is 2.29 bits per heavy atom. The topological polar surface area (TPSA) is 135 Å². The third-order valence-electron chi connectivity index (χ3n) is 11.1. The Hall–Kier alpha value is -1.67. The molecule has 0 aromatic carbocycles. The van der Waals surface area contributed by atoms with Crippen molar-refractivity contribution in [3.63, 3.8) is 0 Å². The number of hydrogen-bond donors (Lipinski definition) is 2. The first-order valence-corrected chi connectivity index (χ1v) is 15.4. The Kier molecular flexibility index (Phi) is 8.26. The maximum Gasteiger partial charge on any atom is 0.432 e. The highest BCUT2D eigenvalue weighted by molar-refractivity contribution is 7.86. The first-order chi connectivity index (χ1) is 18.7. The maximum absolute atomic E-state index is 13.8. The molecule has 2 unspecified atom stereocenters. The molecule has 4 aliphatic rings. The monoisotopic (exact) mass is 616 g/mol. The minimum Gasteiger partial charge on any atom is -0.445 e. The second kappa shape index (κ2) is 10.5. The Bertz CT molecular complexity index is 1190. The van der Waals surface area contributed by atoms with E-state index in [-0.39, 0.29) is 59.4 Å². The molecule has 0 aromatic heterocycles. The minimum absolute atomic E-state index is 0.00742. The second-order valence-electron chi connectivity index (χ2n) is 13.1. The molecule has 4 aliphatic carbocycles. The van der Waals surface area contributed by atoms with Crippen LogP contribution in [0.3, 0.4) is 0 Å². The summed E-state index contributed by atoms with van der Waals surface area (Å²) in [7, 11) is -6.54. The zero-order valence-electron chi connectivity index (χ0n) is 23.1. The molecular weight excluding hydrogens is 579 g/mol. The number of ketones is 2. The summed E-state index contributed by atoms with van der Waals surface area (Å²) in [6.07, 6.45) is -8.18. The number of aliphatic hydroxyl groups excluding tert-OH is 1. The fourth-order valence-electron chi connectivity index (χ4n) is 8.77. The van der Waals surface area contributed by atoms with Crippen LogP contribution >= 0.6 is 0 Å². The Labute approximate surface area is 235 Å². The van der Waals surface area contributed by atoms with Crippen LogP contribution in [-0.2, 0) is 29.2 Å². The van der Waals surface area contributed by atoms with Crippen LogP contribution in [0.2, 0.25) is 0 Å². The Morgan fingerprint density at radius 1 is 1.07 bits per heavy atom. The number of aliphatic hydroxyl groups is 1. The molecule has 4 saturated carbocycles. The molecule has 14 heteroatoms. The summed E-state index contributed by atoms with van der Waals surface area (Å²) in [5, 5.41) is 4.39. The van der Waals surface area contributed by atoms with Crippen LogP contribution in [0.4, 0.5) is 22.0 Å². The summed E-state index contributed by atoms with van der Waals surface area (Å²) in [6.45, 7) is 5.62. The molecule has 10 atom stereocenters. The minimum atomic E-state index is -6.54. The number of ether oxygens (including phenoxy) is 1. The van der Waals surface area contributed by atoms with Gasteiger partial charge in [-0.3, -0.25) is 18.9 Å². The van der Waals surface area contributed by atoms with Crippen LogP contribution in [0.25, 0.3) is 0 Å². The van der Waals surface area contributed by atoms with Gasteiger partial charge in [-0.25, -0.2) is 0 Å². The second-order valence-corrected chi connectivity index (χ2v) is 14.6. The van der Waals surface area contributed by atoms with Gasteiger partial charge in [-0.2, -0.15) is 30.4 Å². The highest BCUT2D eigenvalue weighted by atomic mass is 32.2. The van der Waals surface area contributed by atoms with Gasteiger partial charge in [0.25, 0.3) is 6.10 Å². The predicted octanol–water partition coefficient (Wildman–Crippen LogP) is 4.74. The van der Waals surface area contributed by atoms with Crippen LogP contribution in [-0.4, -0.2) is 59.3 Å². The molecule has 41 heavy (non-hydrogen) atoms. The van der Waals surface area contributed by atoms with Crippen LogP contribution in [0.5, 0.6) is 0 Å². The molecular formula is C27H37F5O8S. The molecule has 0 aromatic rings. The largest absolute Gasteiger partial charge is 0.445 e. The highest BCUT2D eigenvalue weighted by Crippen LogP contribution is 2.66. The van der Waals surface area contributed by atoms with E-state index in [4.69, 9.17) is 4.55 Å². The van der Waals surface area contributed by atoms with Gasteiger partial charge in [0.05, 0.1) is 6.10 Å². The van der Waals surface area contributed by atoms with Gasteiger partial charge < -0.3 is 9.84 Å². The lowest BCUT2D eigenvalue weighted by molar-refractivity contribution is -0.259. The number of alkyl halides is 5. The van der Waals surface area contributed by atoms with Crippen molar-refractivity contribution >= 4 is 27.7 Å². The van der Waals surface area contributed by atoms with Gasteiger partial charge in [0.2, 0.25) is 0 Å². The average molecular weight is 617 g/mol. The van der Waals surface area contributed by atoms with E-state index < -0.39 is 57.5 Å². The third kappa shape index (κ3) is 5.34. The molecule has 0 spiro atoms. The van der Waals surface area contributed by atoms with Crippen LogP contribution < -0.4 is 0 Å². The maximum atomic E-state index is 13.8. The van der Waals surface area contributed by atoms with Crippen molar-refractivity contribution in [2.75, 3.05) is 0 Å². The Morgan fingerprint density at radius 2 is 1.71 bits per heavy atom. The number of fused-ring (bicyclic) bond motifs is 5. The SMILES string of the molecule is C[C@H](CCC(=O)OC(C(F)(F)F)C(F)(F)S(=O)(=O)O)[C@H]1CC[C@H]2[C@@H]3C(=O)C[C@@H]4CC(O)CC[C@]4(C)[C@H]3CC(=O)[C@]12C. The summed E-state index contributed by atoms with van der Waals surface area (Å²) < 4.78 is 101. The fourth-order valence-corrected chi connectivity index (χ4v) is 9.23. The number of rotatable bonds is 7. The predicted molar refractivity (Wildman–Crippen MR) is 133 cm³/mol. The van der Waals surface area contributed by atoms with E-state index in [1.807, 2.05) is 0 Å². The van der Waals surface area contributed by atoms with Crippen molar-refractivity contribution in [3.8, 4) is 0 Å². The fraction of sp³-hybridized carbons (Fsp3) is 0.889. The molecule has 0 saturated heterocycles. The molecule has 234 valence electrons. The lowest BCUT2D eigenvalue weighted by Gasteiger charge is -2.59. The first kappa shape index (κ1) is 32.2. The molecule has 0 aliphatic heterocycles. The van der Waals surface area contributed by atoms with Gasteiger partial charge in [-0.1, -0.05) is 20.8 Å². The van der Waals surface area contributed by atoms with Crippen molar-refractivity contribution in [3.05, 3.63) is 0 Å². The number of carbonyl (C=O) groups is 3. The van der Waals surface area contributed by atoms with Crippen molar-refractivity contribution in [2.45, 2.75) is 102 Å². The quantitative estimate of drug-likeness (QED) is 0.238. The molecule has 4 rings (SSSR count). The smallest absolute Gasteiger partial charge is 0.432 e. The normalized spacial score (nSPS) is 39.4. The van der Waals surface area contributed by atoms with Gasteiger partial charge in [0.1, 0.15) is 11.6 Å². The summed E-state index contributed by atoms with van der Waals surface area (Å²) in [5.41, 5.74) is -1.16. The summed E-state index contributed by atoms with van der Waals surface area (Å²) in [5.74, 6) is -3.10. The van der Waals surface area contributed by atoms with E-state index >= 15 is 0 Å². The van der Waals surface area contributed by atoms with Crippen LogP contribution in [0.1, 0.15) is 78.6 Å². The van der Waals surface area contributed by atoms with E-state index in [1.165, 1.54) is 0 Å². The highest BCUT2D eigenvalue weighted by Gasteiger charge is 2.67. The van der Waals surface area contributed by atoms with Gasteiger partial charge in [0, 0.05) is 30.6 Å². The molecule has 0 amide bonds. The third-order valence-corrected chi connectivity index (χ3v) is 12.0. The number of Topliss-reactive ketones (excluding diaryl/α,β-unsaturated/α-hetero) is 2. The van der Waals surface area contributed by atoms with E-state index in [0.29, 0.717) is 32.1 Å². The lowest BCUT2D eigenvalue weighted by Crippen LogP contribution is -2.60. The van der Waals surface area contributed by atoms with Gasteiger partial charge >= 0.3 is 27.5 Å². The first-order valence-electron chi connectivity index (χ1n) is 14.0. The van der Waals surface area contributed by atoms with Crippen LogP contribution in [0.15, 0.2) is 0 Å². The van der Waals surface area contributed by atoms with Crippen molar-refractivity contribution in [1.29, 1.82) is 0 Å². The molecule has 0 heterocycles. The van der Waals surface area contributed by atoms with Crippen molar-refractivity contribution < 1.29 is 59.1 Å². The number of halogens is 5. The molecule has 4 fully saturated rings. The van der Waals surface area contributed by atoms with Gasteiger partial charge in [-0.15, -0.1) is 0 Å². The van der Waals surface area contributed by atoms with Crippen molar-refractivity contribution in [1.82, 2.24) is 0 Å². The molecule has 8 nitrogen and oxygen atoms in total. The van der Waals surface area contributed by atoms with Crippen LogP contribution in [0, 0.1) is 46.3 Å². The summed E-state index contributed by atoms with van der Waals surface area (Å²) in [4.78, 5) is 39.5. The zero-order valence-corrected chi connectivity index (χ0v) is 23.9.